The van der Waals surface area contributed by atoms with Crippen molar-refractivity contribution < 1.29 is 9.47 Å². The van der Waals surface area contributed by atoms with Crippen molar-refractivity contribution in [3.05, 3.63) is 6.54 Å². The Morgan fingerprint density at radius 2 is 2.86 bits per heavy atom. The molecule has 1 aliphatic heterocycles. The van der Waals surface area contributed by atoms with E-state index in [4.69, 9.17) is 4.74 Å². The molecule has 3 nitrogen and oxygen atoms in total. The van der Waals surface area contributed by atoms with Gasteiger partial charge in [-0.25, -0.2) is 4.99 Å². The minimum atomic E-state index is 0.306. The summed E-state index contributed by atoms with van der Waals surface area (Å²) in [5, 5.41) is 0. The van der Waals surface area contributed by atoms with Crippen molar-refractivity contribution in [3.8, 4) is 0 Å². The summed E-state index contributed by atoms with van der Waals surface area (Å²) in [4.78, 5) is 3.58. The molecule has 0 atom stereocenters. The standard InChI is InChI=1S/C4H5NO2/c1-6-4-5-2-3-7-4/h3H2,1H3. The Morgan fingerprint density at radius 3 is 3.14 bits per heavy atom. The number of hydrogen-bond donors (Lipinski definition) is 0. The van der Waals surface area contributed by atoms with E-state index in [1.54, 1.807) is 0 Å². The number of aliphatic imine (C=N–C) groups is 1. The summed E-state index contributed by atoms with van der Waals surface area (Å²) in [6, 6.07) is 0. The fourth-order valence-corrected chi connectivity index (χ4v) is 0.328. The van der Waals surface area contributed by atoms with Crippen molar-refractivity contribution in [1.29, 1.82) is 0 Å². The summed E-state index contributed by atoms with van der Waals surface area (Å²) in [5.74, 6) is 0. The average Bonchev–Trinajstić information content (AvgIpc) is 2.14. The van der Waals surface area contributed by atoms with Crippen LogP contribution in [0.5, 0.6) is 0 Å². The third-order valence-electron chi connectivity index (χ3n) is 0.605. The Labute approximate surface area is 42.0 Å². The minimum absolute atomic E-state index is 0.306. The van der Waals surface area contributed by atoms with Gasteiger partial charge >= 0.3 is 6.08 Å². The largest absolute Gasteiger partial charge is 0.454 e. The van der Waals surface area contributed by atoms with Gasteiger partial charge in [-0.2, -0.15) is 0 Å². The zero-order chi connectivity index (χ0) is 5.11. The first-order valence-corrected chi connectivity index (χ1v) is 1.91. The Balaban J connectivity index is 2.36. The molecule has 3 heteroatoms. The lowest BCUT2D eigenvalue weighted by atomic mass is 10.8. The molecule has 0 unspecified atom stereocenters. The number of ether oxygens (including phenoxy) is 2. The van der Waals surface area contributed by atoms with Gasteiger partial charge in [0, 0.05) is 0 Å². The maximum absolute atomic E-state index is 4.72. The lowest BCUT2D eigenvalue weighted by molar-refractivity contribution is 0.233. The fraction of sp³-hybridized carbons (Fsp3) is 0.500. The van der Waals surface area contributed by atoms with Crippen molar-refractivity contribution in [3.63, 3.8) is 0 Å². The molecule has 1 aliphatic rings. The maximum atomic E-state index is 4.72. The lowest BCUT2D eigenvalue weighted by Crippen LogP contribution is -1.99. The first-order valence-electron chi connectivity index (χ1n) is 1.91. The van der Waals surface area contributed by atoms with Gasteiger partial charge < -0.3 is 9.47 Å². The SMILES string of the molecule is COC1=N[C]CO1. The highest BCUT2D eigenvalue weighted by atomic mass is 16.7. The van der Waals surface area contributed by atoms with Crippen LogP contribution in [0.15, 0.2) is 4.99 Å². The zero-order valence-corrected chi connectivity index (χ0v) is 3.97. The topological polar surface area (TPSA) is 30.8 Å². The molecule has 0 aromatic rings. The molecule has 0 aromatic heterocycles. The second-order valence-corrected chi connectivity index (χ2v) is 1.03. The van der Waals surface area contributed by atoms with Crippen LogP contribution in [0.4, 0.5) is 0 Å². The van der Waals surface area contributed by atoms with E-state index in [-0.39, 0.29) is 0 Å². The van der Waals surface area contributed by atoms with Crippen LogP contribution in [0.25, 0.3) is 0 Å². The van der Waals surface area contributed by atoms with Crippen molar-refractivity contribution >= 4 is 6.08 Å². The second-order valence-electron chi connectivity index (χ2n) is 1.03. The van der Waals surface area contributed by atoms with Gasteiger partial charge in [0.1, 0.15) is 6.61 Å². The Bertz CT molecular complexity index is 89.7. The molecular weight excluding hydrogens is 94.0 g/mol. The number of methoxy groups -OCH3 is 1. The van der Waals surface area contributed by atoms with Crippen LogP contribution in [-0.2, 0) is 9.47 Å². The van der Waals surface area contributed by atoms with Crippen LogP contribution in [0.1, 0.15) is 0 Å². The Hall–Kier alpha value is -0.730. The van der Waals surface area contributed by atoms with Crippen molar-refractivity contribution in [2.24, 2.45) is 4.99 Å². The highest BCUT2D eigenvalue weighted by Gasteiger charge is 2.05. The van der Waals surface area contributed by atoms with Crippen LogP contribution >= 0.6 is 0 Å². The van der Waals surface area contributed by atoms with Crippen LogP contribution in [0.2, 0.25) is 0 Å². The van der Waals surface area contributed by atoms with E-state index in [1.807, 2.05) is 0 Å². The van der Waals surface area contributed by atoms with Crippen LogP contribution in [0, 0.1) is 6.54 Å². The molecule has 0 spiro atoms. The summed E-state index contributed by atoms with van der Waals surface area (Å²) in [7, 11) is 1.51. The van der Waals surface area contributed by atoms with E-state index in [1.165, 1.54) is 7.11 Å². The monoisotopic (exact) mass is 99.0 g/mol. The predicted octanol–water partition coefficient (Wildman–Crippen LogP) is 0.0578. The van der Waals surface area contributed by atoms with Crippen molar-refractivity contribution in [2.75, 3.05) is 13.7 Å². The summed E-state index contributed by atoms with van der Waals surface area (Å²) < 4.78 is 9.30. The molecule has 0 aliphatic carbocycles. The fourth-order valence-electron chi connectivity index (χ4n) is 0.328. The number of nitrogens with zero attached hydrogens (tertiary/aromatic N) is 1. The van der Waals surface area contributed by atoms with Gasteiger partial charge in [0.25, 0.3) is 0 Å². The molecule has 38 valence electrons. The van der Waals surface area contributed by atoms with Gasteiger partial charge in [0.2, 0.25) is 0 Å². The molecule has 0 saturated carbocycles. The summed E-state index contributed by atoms with van der Waals surface area (Å²) in [6.07, 6.45) is 0.306. The predicted molar refractivity (Wildman–Crippen MR) is 23.6 cm³/mol. The molecular formula is C4H5NO2. The number of hydrogen-bond acceptors (Lipinski definition) is 3. The molecule has 0 saturated heterocycles. The van der Waals surface area contributed by atoms with Gasteiger partial charge in [0.05, 0.1) is 7.11 Å². The zero-order valence-electron chi connectivity index (χ0n) is 3.97. The van der Waals surface area contributed by atoms with Crippen molar-refractivity contribution in [1.82, 2.24) is 0 Å². The molecule has 0 amide bonds. The van der Waals surface area contributed by atoms with Gasteiger partial charge in [-0.1, -0.05) is 0 Å². The first kappa shape index (κ1) is 4.43. The highest BCUT2D eigenvalue weighted by Crippen LogP contribution is 1.96. The minimum Gasteiger partial charge on any atom is -0.454 e. The van der Waals surface area contributed by atoms with Gasteiger partial charge in [0.15, 0.2) is 6.54 Å². The van der Waals surface area contributed by atoms with E-state index in [0.29, 0.717) is 12.7 Å². The smallest absolute Gasteiger partial charge is 0.384 e. The molecule has 1 rings (SSSR count). The maximum Gasteiger partial charge on any atom is 0.384 e. The summed E-state index contributed by atoms with van der Waals surface area (Å²) in [6.45, 7) is 2.98. The molecule has 0 bridgehead atoms. The molecule has 7 heavy (non-hydrogen) atoms. The molecule has 0 aromatic carbocycles. The first-order chi connectivity index (χ1) is 3.43. The third kappa shape index (κ3) is 0.824. The third-order valence-corrected chi connectivity index (χ3v) is 0.605. The van der Waals surface area contributed by atoms with E-state index >= 15 is 0 Å². The molecule has 0 N–H and O–H groups in total. The van der Waals surface area contributed by atoms with E-state index < -0.39 is 0 Å². The van der Waals surface area contributed by atoms with Crippen LogP contribution < -0.4 is 0 Å². The van der Waals surface area contributed by atoms with E-state index in [0.717, 1.165) is 0 Å². The van der Waals surface area contributed by atoms with Gasteiger partial charge in [-0.05, 0) is 0 Å². The second kappa shape index (κ2) is 1.82. The Kier molecular flexibility index (Phi) is 1.15. The van der Waals surface area contributed by atoms with Crippen LogP contribution in [-0.4, -0.2) is 19.8 Å². The summed E-state index contributed by atoms with van der Waals surface area (Å²) >= 11 is 0. The highest BCUT2D eigenvalue weighted by molar-refractivity contribution is 5.68. The quantitative estimate of drug-likeness (QED) is 0.430. The van der Waals surface area contributed by atoms with E-state index in [2.05, 4.69) is 16.3 Å². The lowest BCUT2D eigenvalue weighted by Gasteiger charge is -1.93. The average molecular weight is 99.1 g/mol. The normalized spacial score (nSPS) is 18.1. The van der Waals surface area contributed by atoms with Gasteiger partial charge in [-0.15, -0.1) is 0 Å². The molecule has 0 fully saturated rings. The summed E-state index contributed by atoms with van der Waals surface area (Å²) in [5.41, 5.74) is 0. The van der Waals surface area contributed by atoms with Gasteiger partial charge in [-0.3, -0.25) is 0 Å². The number of rotatable bonds is 0. The van der Waals surface area contributed by atoms with E-state index in [9.17, 15) is 0 Å². The van der Waals surface area contributed by atoms with Crippen molar-refractivity contribution in [2.45, 2.75) is 0 Å². The molecule has 2 radical (unpaired) electrons. The Morgan fingerprint density at radius 1 is 2.00 bits per heavy atom. The van der Waals surface area contributed by atoms with Crippen LogP contribution in [0.3, 0.4) is 0 Å². The molecule has 1 heterocycles.